The fraction of sp³-hybridized carbons (Fsp3) is 0.500. The third-order valence-corrected chi connectivity index (χ3v) is 5.99. The van der Waals surface area contributed by atoms with Crippen LogP contribution in [0.3, 0.4) is 0 Å². The van der Waals surface area contributed by atoms with E-state index in [2.05, 4.69) is 5.48 Å². The first-order chi connectivity index (χ1) is 13.1. The van der Waals surface area contributed by atoms with Gasteiger partial charge in [-0.25, -0.2) is 0 Å². The number of hydrogen-bond acceptors (Lipinski definition) is 5. The van der Waals surface area contributed by atoms with Gasteiger partial charge in [-0.3, -0.25) is 19.9 Å². The highest BCUT2D eigenvalue weighted by molar-refractivity contribution is 7.99. The molecule has 1 atom stereocenters. The maximum absolute atomic E-state index is 12.6. The number of allylic oxidation sites excluding steroid dienone is 2. The minimum absolute atomic E-state index is 0.0712. The number of Topliss-reactive ketones (excluding diaryl/α,β-unsaturated/α-hetero) is 2. The van der Waals surface area contributed by atoms with Crippen LogP contribution in [0.25, 0.3) is 0 Å². The summed E-state index contributed by atoms with van der Waals surface area (Å²) in [6.45, 7) is 5.81. The van der Waals surface area contributed by atoms with Crippen molar-refractivity contribution in [3.63, 3.8) is 0 Å². The van der Waals surface area contributed by atoms with Crippen LogP contribution < -0.4 is 5.48 Å². The molecule has 0 saturated heterocycles. The monoisotopic (exact) mass is 415 g/mol. The second kappa shape index (κ2) is 9.60. The van der Waals surface area contributed by atoms with Crippen molar-refractivity contribution < 1.29 is 27.6 Å². The van der Waals surface area contributed by atoms with Gasteiger partial charge in [0, 0.05) is 29.2 Å². The summed E-state index contributed by atoms with van der Waals surface area (Å²) in [5.74, 6) is 0.216. The number of rotatable bonds is 7. The van der Waals surface area contributed by atoms with Gasteiger partial charge in [-0.05, 0) is 49.9 Å². The minimum Gasteiger partial charge on any atom is -0.294 e. The Balaban J connectivity index is 1.94. The zero-order valence-corrected chi connectivity index (χ0v) is 16.9. The third kappa shape index (κ3) is 5.85. The van der Waals surface area contributed by atoms with Crippen LogP contribution in [0.4, 0.5) is 13.2 Å². The van der Waals surface area contributed by atoms with Crippen LogP contribution in [0.5, 0.6) is 0 Å². The molecule has 0 aromatic heterocycles. The Bertz CT molecular complexity index is 724. The molecule has 1 aromatic rings. The van der Waals surface area contributed by atoms with Gasteiger partial charge in [-0.15, -0.1) is 11.8 Å². The topological polar surface area (TPSA) is 55.4 Å². The van der Waals surface area contributed by atoms with Crippen molar-refractivity contribution in [2.24, 2.45) is 11.8 Å². The van der Waals surface area contributed by atoms with E-state index in [1.807, 2.05) is 6.92 Å². The second-order valence-electron chi connectivity index (χ2n) is 6.86. The molecule has 1 N–H and O–H groups in total. The molecule has 8 heteroatoms. The molecule has 0 amide bonds. The number of benzene rings is 1. The van der Waals surface area contributed by atoms with Crippen molar-refractivity contribution in [2.75, 3.05) is 12.4 Å². The Kier molecular flexibility index (Phi) is 7.71. The fourth-order valence-corrected chi connectivity index (χ4v) is 4.12. The summed E-state index contributed by atoms with van der Waals surface area (Å²) in [5.41, 5.74) is 2.55. The number of hydroxylamine groups is 1. The van der Waals surface area contributed by atoms with Crippen LogP contribution in [-0.2, 0) is 20.6 Å². The molecule has 28 heavy (non-hydrogen) atoms. The molecule has 4 nitrogen and oxygen atoms in total. The van der Waals surface area contributed by atoms with Crippen LogP contribution >= 0.6 is 11.8 Å². The summed E-state index contributed by atoms with van der Waals surface area (Å²) in [5, 5.41) is 0. The summed E-state index contributed by atoms with van der Waals surface area (Å²) < 4.78 is 37.9. The van der Waals surface area contributed by atoms with E-state index in [1.165, 1.54) is 23.9 Å². The van der Waals surface area contributed by atoms with Gasteiger partial charge in [0.1, 0.15) is 0 Å². The number of hydrogen-bond donors (Lipinski definition) is 1. The van der Waals surface area contributed by atoms with Crippen LogP contribution in [0.1, 0.15) is 39.2 Å². The Morgan fingerprint density at radius 2 is 1.79 bits per heavy atom. The van der Waals surface area contributed by atoms with E-state index in [-0.39, 0.29) is 41.8 Å². The van der Waals surface area contributed by atoms with Gasteiger partial charge in [0.2, 0.25) is 0 Å². The number of ketones is 2. The van der Waals surface area contributed by atoms with E-state index in [0.29, 0.717) is 18.1 Å². The molecule has 1 aliphatic carbocycles. The molecule has 0 radical (unpaired) electrons. The Labute approximate surface area is 166 Å². The largest absolute Gasteiger partial charge is 0.416 e. The molecule has 1 aromatic carbocycles. The predicted octanol–water partition coefficient (Wildman–Crippen LogP) is 4.80. The molecule has 1 aliphatic rings. The average molecular weight is 415 g/mol. The molecule has 1 fully saturated rings. The van der Waals surface area contributed by atoms with Gasteiger partial charge in [0.25, 0.3) is 0 Å². The summed E-state index contributed by atoms with van der Waals surface area (Å²) in [6.07, 6.45) is -3.79. The van der Waals surface area contributed by atoms with Crippen LogP contribution in [0.2, 0.25) is 0 Å². The number of nitrogens with one attached hydrogen (secondary N) is 1. The normalized spacial score (nSPS) is 18.9. The van der Waals surface area contributed by atoms with E-state index in [9.17, 15) is 22.8 Å². The van der Waals surface area contributed by atoms with E-state index in [1.54, 1.807) is 13.8 Å². The molecular weight excluding hydrogens is 391 g/mol. The van der Waals surface area contributed by atoms with Crippen molar-refractivity contribution in [3.05, 3.63) is 41.1 Å². The molecule has 0 heterocycles. The van der Waals surface area contributed by atoms with Gasteiger partial charge < -0.3 is 0 Å². The lowest BCUT2D eigenvalue weighted by Gasteiger charge is -2.28. The van der Waals surface area contributed by atoms with Gasteiger partial charge >= 0.3 is 6.18 Å². The molecule has 0 spiro atoms. The van der Waals surface area contributed by atoms with Gasteiger partial charge in [-0.1, -0.05) is 6.92 Å². The summed E-state index contributed by atoms with van der Waals surface area (Å²) in [6, 6.07) is 5.01. The van der Waals surface area contributed by atoms with Gasteiger partial charge in [0.05, 0.1) is 17.7 Å². The summed E-state index contributed by atoms with van der Waals surface area (Å²) in [4.78, 5) is 30.7. The lowest BCUT2D eigenvalue weighted by atomic mass is 9.77. The molecule has 2 rings (SSSR count). The van der Waals surface area contributed by atoms with Gasteiger partial charge in [0.15, 0.2) is 11.6 Å². The minimum atomic E-state index is -4.35. The Morgan fingerprint density at radius 3 is 2.29 bits per heavy atom. The molecule has 154 valence electrons. The average Bonchev–Trinajstić information content (AvgIpc) is 2.63. The third-order valence-electron chi connectivity index (χ3n) is 4.70. The highest BCUT2D eigenvalue weighted by atomic mass is 32.2. The lowest BCUT2D eigenvalue weighted by molar-refractivity contribution is -0.137. The van der Waals surface area contributed by atoms with Crippen LogP contribution in [0, 0.1) is 11.8 Å². The quantitative estimate of drug-likeness (QED) is 0.300. The fourth-order valence-electron chi connectivity index (χ4n) is 3.06. The highest BCUT2D eigenvalue weighted by Crippen LogP contribution is 2.34. The van der Waals surface area contributed by atoms with E-state index in [4.69, 9.17) is 4.84 Å². The Hall–Kier alpha value is -1.80. The first-order valence-electron chi connectivity index (χ1n) is 9.08. The van der Waals surface area contributed by atoms with E-state index < -0.39 is 11.7 Å². The van der Waals surface area contributed by atoms with Crippen LogP contribution in [-0.4, -0.2) is 23.9 Å². The Morgan fingerprint density at radius 1 is 1.21 bits per heavy atom. The summed E-state index contributed by atoms with van der Waals surface area (Å²) >= 11 is 1.43. The maximum atomic E-state index is 12.6. The van der Waals surface area contributed by atoms with Crippen molar-refractivity contribution in [1.29, 1.82) is 0 Å². The van der Waals surface area contributed by atoms with Crippen molar-refractivity contribution in [1.82, 2.24) is 5.48 Å². The number of carbonyl (C=O) groups excluding carboxylic acids is 2. The molecular formula is C20H24F3NO3S. The smallest absolute Gasteiger partial charge is 0.294 e. The van der Waals surface area contributed by atoms with Crippen molar-refractivity contribution in [3.8, 4) is 0 Å². The maximum Gasteiger partial charge on any atom is 0.416 e. The standard InChI is InChI=1S/C20H24F3NO3S/c1-4-27-24-13(3)19-17(25)9-14(10-18(19)26)12(2)11-28-16-7-5-15(6-8-16)20(21,22)23/h5-8,12,14,24H,4,9-11H2,1-3H3. The summed E-state index contributed by atoms with van der Waals surface area (Å²) in [7, 11) is 0. The van der Waals surface area contributed by atoms with Gasteiger partial charge in [-0.2, -0.15) is 13.2 Å². The van der Waals surface area contributed by atoms with E-state index >= 15 is 0 Å². The number of thioether (sulfide) groups is 1. The van der Waals surface area contributed by atoms with Crippen LogP contribution in [0.15, 0.2) is 40.4 Å². The van der Waals surface area contributed by atoms with Crippen molar-refractivity contribution in [2.45, 2.75) is 44.7 Å². The predicted molar refractivity (Wildman–Crippen MR) is 102 cm³/mol. The first kappa shape index (κ1) is 22.5. The molecule has 1 saturated carbocycles. The lowest BCUT2D eigenvalue weighted by Crippen LogP contribution is -2.33. The highest BCUT2D eigenvalue weighted by Gasteiger charge is 2.35. The first-order valence-corrected chi connectivity index (χ1v) is 10.1. The SMILES string of the molecule is CCONC(C)=C1C(=O)CC(C(C)CSc2ccc(C(F)(F)F)cc2)CC1=O. The van der Waals surface area contributed by atoms with Crippen molar-refractivity contribution >= 4 is 23.3 Å². The number of carbonyl (C=O) groups is 2. The number of alkyl halides is 3. The molecule has 1 unspecified atom stereocenters. The molecule has 0 aliphatic heterocycles. The zero-order chi connectivity index (χ0) is 20.9. The second-order valence-corrected chi connectivity index (χ2v) is 7.95. The number of halogens is 3. The van der Waals surface area contributed by atoms with E-state index in [0.717, 1.165) is 17.0 Å². The molecule has 0 bridgehead atoms. The zero-order valence-electron chi connectivity index (χ0n) is 16.1.